The molecule has 1 atom stereocenters. The fraction of sp³-hybridized carbons (Fsp3) is 0.727. The normalized spacial score (nSPS) is 12.6. The lowest BCUT2D eigenvalue weighted by atomic mass is 10.1. The number of hydrogen-bond donors (Lipinski definition) is 1. The molecule has 1 unspecified atom stereocenters. The predicted molar refractivity (Wildman–Crippen MR) is 63.5 cm³/mol. The third kappa shape index (κ3) is 4.24. The van der Waals surface area contributed by atoms with Gasteiger partial charge in [-0.15, -0.1) is 0 Å². The van der Waals surface area contributed by atoms with E-state index >= 15 is 0 Å². The zero-order valence-electron chi connectivity index (χ0n) is 10.4. The van der Waals surface area contributed by atoms with Gasteiger partial charge in [-0.1, -0.05) is 0 Å². The number of rotatable bonds is 8. The van der Waals surface area contributed by atoms with Crippen LogP contribution in [0.1, 0.15) is 25.6 Å². The van der Waals surface area contributed by atoms with Gasteiger partial charge >= 0.3 is 0 Å². The Balaban J connectivity index is 2.43. The molecular formula is C11H20N4O2. The highest BCUT2D eigenvalue weighted by Crippen LogP contribution is 2.02. The van der Waals surface area contributed by atoms with Gasteiger partial charge in [0, 0.05) is 20.3 Å². The fourth-order valence-corrected chi connectivity index (χ4v) is 1.58. The molecule has 0 saturated heterocycles. The van der Waals surface area contributed by atoms with Gasteiger partial charge in [-0.05, 0) is 19.8 Å². The van der Waals surface area contributed by atoms with E-state index in [0.29, 0.717) is 25.4 Å². The molecule has 0 fully saturated rings. The van der Waals surface area contributed by atoms with Gasteiger partial charge in [-0.3, -0.25) is 4.79 Å². The van der Waals surface area contributed by atoms with Crippen LogP contribution >= 0.6 is 0 Å². The third-order valence-electron chi connectivity index (χ3n) is 2.60. The van der Waals surface area contributed by atoms with Gasteiger partial charge in [0.25, 0.3) is 0 Å². The van der Waals surface area contributed by atoms with E-state index in [0.717, 1.165) is 6.42 Å². The van der Waals surface area contributed by atoms with Crippen LogP contribution in [0.25, 0.3) is 0 Å². The molecule has 0 amide bonds. The Morgan fingerprint density at radius 2 is 2.41 bits per heavy atom. The quantitative estimate of drug-likeness (QED) is 0.655. The summed E-state index contributed by atoms with van der Waals surface area (Å²) in [5.74, 6) is 0.684. The molecule has 6 nitrogen and oxygen atoms in total. The van der Waals surface area contributed by atoms with Gasteiger partial charge in [0.2, 0.25) is 0 Å². The lowest BCUT2D eigenvalue weighted by Crippen LogP contribution is -2.32. The fourth-order valence-electron chi connectivity index (χ4n) is 1.58. The molecule has 6 heteroatoms. The number of nitrogens with two attached hydrogens (primary N) is 1. The molecule has 17 heavy (non-hydrogen) atoms. The van der Waals surface area contributed by atoms with Gasteiger partial charge in [-0.25, -0.2) is 9.67 Å². The lowest BCUT2D eigenvalue weighted by molar-refractivity contribution is -0.120. The number of aromatic nitrogens is 3. The molecule has 1 aromatic heterocycles. The molecule has 2 N–H and O–H groups in total. The second kappa shape index (κ2) is 7.13. The number of hydrogen-bond acceptors (Lipinski definition) is 5. The topological polar surface area (TPSA) is 83.0 Å². The summed E-state index contributed by atoms with van der Waals surface area (Å²) in [6, 6.07) is -0.438. The maximum Gasteiger partial charge on any atom is 0.157 e. The van der Waals surface area contributed by atoms with Crippen LogP contribution in [-0.2, 0) is 22.5 Å². The molecule has 0 aliphatic carbocycles. The van der Waals surface area contributed by atoms with Crippen molar-refractivity contribution in [2.24, 2.45) is 5.73 Å². The van der Waals surface area contributed by atoms with E-state index in [-0.39, 0.29) is 12.2 Å². The van der Waals surface area contributed by atoms with E-state index in [4.69, 9.17) is 10.5 Å². The maximum absolute atomic E-state index is 11.8. The molecule has 0 aliphatic heterocycles. The summed E-state index contributed by atoms with van der Waals surface area (Å²) in [5.41, 5.74) is 5.80. The molecule has 0 aliphatic rings. The van der Waals surface area contributed by atoms with Crippen molar-refractivity contribution < 1.29 is 9.53 Å². The number of nitrogens with zero attached hydrogens (tertiary/aromatic N) is 3. The standard InChI is InChI=1S/C11H20N4O2/c1-3-15-11(13-8-14-15)7-10(16)9(12)5-4-6-17-2/h8-9H,3-7,12H2,1-2H3. The number of aryl methyl sites for hydroxylation is 1. The van der Waals surface area contributed by atoms with E-state index in [1.807, 2.05) is 6.92 Å². The third-order valence-corrected chi connectivity index (χ3v) is 2.60. The highest BCUT2D eigenvalue weighted by molar-refractivity contribution is 5.85. The van der Waals surface area contributed by atoms with Crippen LogP contribution in [0.3, 0.4) is 0 Å². The maximum atomic E-state index is 11.8. The molecule has 1 aromatic rings. The summed E-state index contributed by atoms with van der Waals surface area (Å²) in [6.07, 6.45) is 3.15. The van der Waals surface area contributed by atoms with Gasteiger partial charge in [0.05, 0.1) is 12.5 Å². The van der Waals surface area contributed by atoms with E-state index in [1.165, 1.54) is 6.33 Å². The van der Waals surface area contributed by atoms with Crippen molar-refractivity contribution in [1.82, 2.24) is 14.8 Å². The minimum absolute atomic E-state index is 0.00352. The lowest BCUT2D eigenvalue weighted by Gasteiger charge is -2.10. The summed E-state index contributed by atoms with van der Waals surface area (Å²) in [6.45, 7) is 3.30. The molecule has 1 rings (SSSR count). The summed E-state index contributed by atoms with van der Waals surface area (Å²) < 4.78 is 6.63. The van der Waals surface area contributed by atoms with Crippen molar-refractivity contribution in [1.29, 1.82) is 0 Å². The van der Waals surface area contributed by atoms with Crippen molar-refractivity contribution in [2.45, 2.75) is 38.8 Å². The molecule has 0 radical (unpaired) electrons. The highest BCUT2D eigenvalue weighted by atomic mass is 16.5. The molecule has 1 heterocycles. The molecule has 96 valence electrons. The SMILES string of the molecule is CCn1ncnc1CC(=O)C(N)CCCOC. The molecular weight excluding hydrogens is 220 g/mol. The van der Waals surface area contributed by atoms with Gasteiger partial charge in [0.15, 0.2) is 5.78 Å². The minimum Gasteiger partial charge on any atom is -0.385 e. The predicted octanol–water partition coefficient (Wildman–Crippen LogP) is 0.164. The summed E-state index contributed by atoms with van der Waals surface area (Å²) in [4.78, 5) is 15.9. The van der Waals surface area contributed by atoms with E-state index in [2.05, 4.69) is 10.1 Å². The Morgan fingerprint density at radius 3 is 3.06 bits per heavy atom. The second-order valence-electron chi connectivity index (χ2n) is 3.88. The van der Waals surface area contributed by atoms with Crippen LogP contribution in [-0.4, -0.2) is 40.3 Å². The van der Waals surface area contributed by atoms with E-state index in [1.54, 1.807) is 11.8 Å². The summed E-state index contributed by atoms with van der Waals surface area (Å²) >= 11 is 0. The van der Waals surface area contributed by atoms with Crippen LogP contribution in [0.5, 0.6) is 0 Å². The zero-order valence-corrected chi connectivity index (χ0v) is 10.4. The number of carbonyl (C=O) groups is 1. The molecule has 0 bridgehead atoms. The Hall–Kier alpha value is -1.27. The van der Waals surface area contributed by atoms with Crippen LogP contribution < -0.4 is 5.73 Å². The first-order chi connectivity index (χ1) is 8.19. The smallest absolute Gasteiger partial charge is 0.157 e. The van der Waals surface area contributed by atoms with Crippen molar-refractivity contribution in [2.75, 3.05) is 13.7 Å². The van der Waals surface area contributed by atoms with E-state index in [9.17, 15) is 4.79 Å². The van der Waals surface area contributed by atoms with Crippen molar-refractivity contribution in [3.63, 3.8) is 0 Å². The van der Waals surface area contributed by atoms with Crippen molar-refractivity contribution >= 4 is 5.78 Å². The van der Waals surface area contributed by atoms with Crippen LogP contribution in [0.4, 0.5) is 0 Å². The summed E-state index contributed by atoms with van der Waals surface area (Å²) in [7, 11) is 1.64. The Bertz CT molecular complexity index is 351. The number of ketones is 1. The van der Waals surface area contributed by atoms with Gasteiger partial charge in [0.1, 0.15) is 12.2 Å². The number of Topliss-reactive ketones (excluding diaryl/α,β-unsaturated/α-hetero) is 1. The largest absolute Gasteiger partial charge is 0.385 e. The van der Waals surface area contributed by atoms with Gasteiger partial charge < -0.3 is 10.5 Å². The monoisotopic (exact) mass is 240 g/mol. The van der Waals surface area contributed by atoms with Crippen LogP contribution in [0, 0.1) is 0 Å². The number of methoxy groups -OCH3 is 1. The molecule has 0 aromatic carbocycles. The molecule has 0 spiro atoms. The van der Waals surface area contributed by atoms with Gasteiger partial charge in [-0.2, -0.15) is 5.10 Å². The first-order valence-electron chi connectivity index (χ1n) is 5.83. The van der Waals surface area contributed by atoms with Crippen LogP contribution in [0.15, 0.2) is 6.33 Å². The Labute approximate surface area is 101 Å². The minimum atomic E-state index is -0.438. The zero-order chi connectivity index (χ0) is 12.7. The Morgan fingerprint density at radius 1 is 1.65 bits per heavy atom. The summed E-state index contributed by atoms with van der Waals surface area (Å²) in [5, 5.41) is 4.02. The first kappa shape index (κ1) is 13.8. The first-order valence-corrected chi connectivity index (χ1v) is 5.83. The number of carbonyl (C=O) groups excluding carboxylic acids is 1. The number of ether oxygens (including phenoxy) is 1. The highest BCUT2D eigenvalue weighted by Gasteiger charge is 2.16. The Kier molecular flexibility index (Phi) is 5.79. The van der Waals surface area contributed by atoms with Crippen LogP contribution in [0.2, 0.25) is 0 Å². The average molecular weight is 240 g/mol. The van der Waals surface area contributed by atoms with E-state index < -0.39 is 6.04 Å². The molecule has 0 saturated carbocycles. The average Bonchev–Trinajstić information content (AvgIpc) is 2.76. The van der Waals surface area contributed by atoms with Crippen molar-refractivity contribution in [3.05, 3.63) is 12.2 Å². The van der Waals surface area contributed by atoms with Crippen molar-refractivity contribution in [3.8, 4) is 0 Å². The second-order valence-corrected chi connectivity index (χ2v) is 3.88.